The molecule has 0 bridgehead atoms. The third-order valence-electron chi connectivity index (χ3n) is 5.42. The van der Waals surface area contributed by atoms with E-state index in [1.54, 1.807) is 0 Å². The van der Waals surface area contributed by atoms with Crippen molar-refractivity contribution in [2.24, 2.45) is 0 Å². The fraction of sp³-hybridized carbons (Fsp3) is 0.600. The molecule has 0 unspecified atom stereocenters. The number of rotatable bonds is 7. The standard InChI is InChI=1S/C20H27NO4S/c22-18(23)8-15-26-17-6-4-16(5-7-17)19(24)20(9-2-1-3-10-20)21-11-13-25-14-12-21/h4-7H,1-3,8-15H2,(H,22,23). The van der Waals surface area contributed by atoms with E-state index in [1.807, 2.05) is 24.3 Å². The second-order valence-corrected chi connectivity index (χ2v) is 8.21. The lowest BCUT2D eigenvalue weighted by atomic mass is 9.75. The molecule has 0 spiro atoms. The van der Waals surface area contributed by atoms with Crippen molar-refractivity contribution in [2.75, 3.05) is 32.1 Å². The fourth-order valence-electron chi connectivity index (χ4n) is 4.04. The molecule has 0 aromatic heterocycles. The van der Waals surface area contributed by atoms with E-state index in [-0.39, 0.29) is 17.7 Å². The average molecular weight is 378 g/mol. The number of Topliss-reactive ketones (excluding diaryl/α,β-unsaturated/α-hetero) is 1. The molecule has 2 fully saturated rings. The van der Waals surface area contributed by atoms with Crippen LogP contribution in [0, 0.1) is 0 Å². The maximum Gasteiger partial charge on any atom is 0.304 e. The molecule has 1 aromatic carbocycles. The van der Waals surface area contributed by atoms with Crippen molar-refractivity contribution in [2.45, 2.75) is 49.0 Å². The van der Waals surface area contributed by atoms with Crippen LogP contribution in [0.5, 0.6) is 0 Å². The van der Waals surface area contributed by atoms with Gasteiger partial charge in [0.25, 0.3) is 0 Å². The van der Waals surface area contributed by atoms with E-state index in [2.05, 4.69) is 4.90 Å². The van der Waals surface area contributed by atoms with Crippen molar-refractivity contribution in [1.82, 2.24) is 4.90 Å². The smallest absolute Gasteiger partial charge is 0.304 e. The van der Waals surface area contributed by atoms with Crippen molar-refractivity contribution < 1.29 is 19.4 Å². The minimum absolute atomic E-state index is 0.144. The number of carbonyl (C=O) groups excluding carboxylic acids is 1. The van der Waals surface area contributed by atoms with Crippen LogP contribution < -0.4 is 0 Å². The summed E-state index contributed by atoms with van der Waals surface area (Å²) in [5, 5.41) is 8.73. The predicted octanol–water partition coefficient (Wildman–Crippen LogP) is 3.47. The summed E-state index contributed by atoms with van der Waals surface area (Å²) in [5.41, 5.74) is 0.390. The van der Waals surface area contributed by atoms with Gasteiger partial charge >= 0.3 is 5.97 Å². The summed E-state index contributed by atoms with van der Waals surface area (Å²) in [6.07, 6.45) is 5.42. The van der Waals surface area contributed by atoms with Crippen LogP contribution >= 0.6 is 11.8 Å². The average Bonchev–Trinajstić information content (AvgIpc) is 2.69. The molecule has 1 aliphatic heterocycles. The van der Waals surface area contributed by atoms with Gasteiger partial charge in [0.15, 0.2) is 5.78 Å². The first-order valence-corrected chi connectivity index (χ1v) is 10.4. The van der Waals surface area contributed by atoms with Crippen molar-refractivity contribution in [3.63, 3.8) is 0 Å². The first-order valence-electron chi connectivity index (χ1n) is 9.44. The van der Waals surface area contributed by atoms with Crippen LogP contribution in [0.15, 0.2) is 29.2 Å². The van der Waals surface area contributed by atoms with Gasteiger partial charge < -0.3 is 9.84 Å². The van der Waals surface area contributed by atoms with E-state index in [9.17, 15) is 9.59 Å². The molecular formula is C20H27NO4S. The topological polar surface area (TPSA) is 66.8 Å². The zero-order valence-corrected chi connectivity index (χ0v) is 15.9. The maximum absolute atomic E-state index is 13.5. The highest BCUT2D eigenvalue weighted by molar-refractivity contribution is 7.99. The van der Waals surface area contributed by atoms with Crippen LogP contribution in [0.2, 0.25) is 0 Å². The van der Waals surface area contributed by atoms with Gasteiger partial charge in [-0.15, -0.1) is 11.8 Å². The first kappa shape index (κ1) is 19.4. The number of thioether (sulfide) groups is 1. The number of carboxylic acids is 1. The van der Waals surface area contributed by atoms with E-state index < -0.39 is 5.97 Å². The van der Waals surface area contributed by atoms with Gasteiger partial charge in [-0.2, -0.15) is 0 Å². The minimum atomic E-state index is -0.783. The molecule has 1 aliphatic carbocycles. The summed E-state index contributed by atoms with van der Waals surface area (Å²) in [6.45, 7) is 3.06. The molecule has 1 N–H and O–H groups in total. The molecular weight excluding hydrogens is 350 g/mol. The number of morpholine rings is 1. The third kappa shape index (κ3) is 4.48. The van der Waals surface area contributed by atoms with E-state index in [0.29, 0.717) is 19.0 Å². The van der Waals surface area contributed by atoms with Crippen LogP contribution in [0.3, 0.4) is 0 Å². The monoisotopic (exact) mass is 377 g/mol. The van der Waals surface area contributed by atoms with Gasteiger partial charge in [-0.25, -0.2) is 0 Å². The lowest BCUT2D eigenvalue weighted by Crippen LogP contribution is -2.59. The third-order valence-corrected chi connectivity index (χ3v) is 6.43. The second-order valence-electron chi connectivity index (χ2n) is 7.04. The van der Waals surface area contributed by atoms with Crippen LogP contribution in [0.4, 0.5) is 0 Å². The summed E-state index contributed by atoms with van der Waals surface area (Å²) in [4.78, 5) is 27.5. The number of benzene rings is 1. The first-order chi connectivity index (χ1) is 12.6. The molecule has 1 aromatic rings. The number of carboxylic acid groups (broad SMARTS) is 1. The fourth-order valence-corrected chi connectivity index (χ4v) is 4.88. The summed E-state index contributed by atoms with van der Waals surface area (Å²) < 4.78 is 5.49. The highest BCUT2D eigenvalue weighted by Gasteiger charge is 2.45. The van der Waals surface area contributed by atoms with Gasteiger partial charge in [0.2, 0.25) is 0 Å². The van der Waals surface area contributed by atoms with Crippen LogP contribution in [-0.2, 0) is 9.53 Å². The molecule has 26 heavy (non-hydrogen) atoms. The predicted molar refractivity (Wildman–Crippen MR) is 102 cm³/mol. The Kier molecular flexibility index (Phi) is 6.73. The molecule has 1 saturated heterocycles. The van der Waals surface area contributed by atoms with Gasteiger partial charge in [0.1, 0.15) is 0 Å². The van der Waals surface area contributed by atoms with Crippen molar-refractivity contribution >= 4 is 23.5 Å². The summed E-state index contributed by atoms with van der Waals surface area (Å²) in [5.74, 6) is -0.00407. The Labute approximate surface area is 159 Å². The highest BCUT2D eigenvalue weighted by Crippen LogP contribution is 2.37. The number of hydrogen-bond donors (Lipinski definition) is 1. The quantitative estimate of drug-likeness (QED) is 0.580. The summed E-state index contributed by atoms with van der Waals surface area (Å²) >= 11 is 1.51. The van der Waals surface area contributed by atoms with Gasteiger partial charge in [0.05, 0.1) is 25.2 Å². The van der Waals surface area contributed by atoms with Crippen molar-refractivity contribution in [3.8, 4) is 0 Å². The van der Waals surface area contributed by atoms with Gasteiger partial charge in [-0.1, -0.05) is 31.4 Å². The molecule has 142 valence electrons. The number of hydrogen-bond acceptors (Lipinski definition) is 5. The Balaban J connectivity index is 1.73. The Morgan fingerprint density at radius 1 is 1.08 bits per heavy atom. The SMILES string of the molecule is O=C(O)CCSc1ccc(C(=O)C2(N3CCOCC3)CCCCC2)cc1. The lowest BCUT2D eigenvalue weighted by molar-refractivity contribution is -0.136. The summed E-state index contributed by atoms with van der Waals surface area (Å²) in [7, 11) is 0. The number of carbonyl (C=O) groups is 2. The van der Waals surface area contributed by atoms with E-state index >= 15 is 0 Å². The van der Waals surface area contributed by atoms with Gasteiger partial charge in [-0.3, -0.25) is 14.5 Å². The number of ether oxygens (including phenoxy) is 1. The van der Waals surface area contributed by atoms with E-state index in [4.69, 9.17) is 9.84 Å². The number of nitrogens with zero attached hydrogens (tertiary/aromatic N) is 1. The molecule has 1 saturated carbocycles. The molecule has 2 aliphatic rings. The van der Waals surface area contributed by atoms with Gasteiger partial charge in [0, 0.05) is 29.3 Å². The lowest BCUT2D eigenvalue weighted by Gasteiger charge is -2.46. The molecule has 3 rings (SSSR count). The Morgan fingerprint density at radius 2 is 1.73 bits per heavy atom. The zero-order chi connectivity index (χ0) is 18.4. The molecule has 5 nitrogen and oxygen atoms in total. The normalized spacial score (nSPS) is 20.6. The Morgan fingerprint density at radius 3 is 2.35 bits per heavy atom. The Bertz CT molecular complexity index is 619. The highest BCUT2D eigenvalue weighted by atomic mass is 32.2. The Hall–Kier alpha value is -1.37. The number of aliphatic carboxylic acids is 1. The van der Waals surface area contributed by atoms with E-state index in [1.165, 1.54) is 18.2 Å². The van der Waals surface area contributed by atoms with Crippen LogP contribution in [0.25, 0.3) is 0 Å². The van der Waals surface area contributed by atoms with E-state index in [0.717, 1.165) is 49.2 Å². The molecule has 6 heteroatoms. The van der Waals surface area contributed by atoms with Crippen LogP contribution in [0.1, 0.15) is 48.9 Å². The molecule has 0 amide bonds. The summed E-state index contributed by atoms with van der Waals surface area (Å²) in [6, 6.07) is 7.69. The molecule has 0 radical (unpaired) electrons. The second kappa shape index (κ2) is 9.02. The number of ketones is 1. The van der Waals surface area contributed by atoms with Gasteiger partial charge in [-0.05, 0) is 25.0 Å². The zero-order valence-electron chi connectivity index (χ0n) is 15.1. The largest absolute Gasteiger partial charge is 0.481 e. The maximum atomic E-state index is 13.5. The van der Waals surface area contributed by atoms with Crippen molar-refractivity contribution in [3.05, 3.63) is 29.8 Å². The molecule has 0 atom stereocenters. The van der Waals surface area contributed by atoms with Crippen LogP contribution in [-0.4, -0.2) is 59.4 Å². The minimum Gasteiger partial charge on any atom is -0.481 e. The van der Waals surface area contributed by atoms with Crippen molar-refractivity contribution in [1.29, 1.82) is 0 Å². The molecule has 1 heterocycles.